The van der Waals surface area contributed by atoms with E-state index in [1.54, 1.807) is 12.1 Å². The van der Waals surface area contributed by atoms with Gasteiger partial charge in [0.1, 0.15) is 17.4 Å². The molecule has 0 saturated carbocycles. The zero-order valence-corrected chi connectivity index (χ0v) is 17.0. The molecule has 1 amide bonds. The minimum atomic E-state index is -1.01. The first-order valence-corrected chi connectivity index (χ1v) is 9.18. The first-order chi connectivity index (χ1) is 15.3. The molecule has 164 valence electrons. The normalized spacial score (nSPS) is 10.2. The predicted molar refractivity (Wildman–Crippen MR) is 110 cm³/mol. The molecule has 3 aromatic rings. The number of esters is 2. The van der Waals surface area contributed by atoms with Crippen molar-refractivity contribution >= 4 is 23.5 Å². The summed E-state index contributed by atoms with van der Waals surface area (Å²) in [5.74, 6) is -3.80. The Hall–Kier alpha value is -4.27. The molecule has 0 fully saturated rings. The Morgan fingerprint density at radius 3 is 2.12 bits per heavy atom. The van der Waals surface area contributed by atoms with Crippen molar-refractivity contribution in [2.45, 2.75) is 0 Å². The molecule has 0 aliphatic rings. The van der Waals surface area contributed by atoms with Gasteiger partial charge in [0, 0.05) is 6.07 Å². The van der Waals surface area contributed by atoms with Crippen LogP contribution >= 0.6 is 0 Å². The van der Waals surface area contributed by atoms with Gasteiger partial charge >= 0.3 is 11.9 Å². The van der Waals surface area contributed by atoms with Crippen molar-refractivity contribution in [3.8, 4) is 11.5 Å². The maximum Gasteiger partial charge on any atom is 0.338 e. The number of hydrogen-bond donors (Lipinski definition) is 1. The molecule has 7 nitrogen and oxygen atoms in total. The first-order valence-electron chi connectivity index (χ1n) is 9.18. The van der Waals surface area contributed by atoms with Crippen molar-refractivity contribution in [2.75, 3.05) is 19.5 Å². The van der Waals surface area contributed by atoms with Gasteiger partial charge in [-0.3, -0.25) is 4.79 Å². The summed E-state index contributed by atoms with van der Waals surface area (Å²) in [6.45, 7) is 0. The van der Waals surface area contributed by atoms with Crippen LogP contribution in [0.15, 0.2) is 60.7 Å². The molecule has 0 bridgehead atoms. The summed E-state index contributed by atoms with van der Waals surface area (Å²) in [5.41, 5.74) is -0.249. The van der Waals surface area contributed by atoms with E-state index in [0.717, 1.165) is 19.2 Å². The lowest BCUT2D eigenvalue weighted by atomic mass is 10.1. The highest BCUT2D eigenvalue weighted by molar-refractivity contribution is 6.05. The lowest BCUT2D eigenvalue weighted by Gasteiger charge is -2.14. The Morgan fingerprint density at radius 1 is 0.781 bits per heavy atom. The van der Waals surface area contributed by atoms with Gasteiger partial charge in [0.2, 0.25) is 0 Å². The Morgan fingerprint density at radius 2 is 1.44 bits per heavy atom. The van der Waals surface area contributed by atoms with E-state index in [9.17, 15) is 23.2 Å². The second-order valence-corrected chi connectivity index (χ2v) is 6.37. The Labute approximate surface area is 181 Å². The smallest absolute Gasteiger partial charge is 0.338 e. The van der Waals surface area contributed by atoms with Gasteiger partial charge in [0.25, 0.3) is 5.91 Å². The molecule has 1 N–H and O–H groups in total. The number of carbonyl (C=O) groups is 3. The first kappa shape index (κ1) is 22.4. The van der Waals surface area contributed by atoms with Gasteiger partial charge in [-0.05, 0) is 42.5 Å². The number of carbonyl (C=O) groups excluding carboxylic acids is 3. The van der Waals surface area contributed by atoms with Crippen LogP contribution in [0, 0.1) is 11.6 Å². The van der Waals surface area contributed by atoms with E-state index in [2.05, 4.69) is 10.1 Å². The van der Waals surface area contributed by atoms with Crippen molar-refractivity contribution in [3.05, 3.63) is 89.0 Å². The van der Waals surface area contributed by atoms with Gasteiger partial charge in [-0.2, -0.15) is 0 Å². The standard InChI is InChI=1S/C23H17F2NO6/c1-30-22(28)15-10-8-14(12-17(15)23(29)31-2)32-20-6-4-3-5-19(20)26-21(27)16-9-7-13(24)11-18(16)25/h3-12H,1-2H3,(H,26,27). The second kappa shape index (κ2) is 9.69. The van der Waals surface area contributed by atoms with Gasteiger partial charge in [0.05, 0.1) is 36.6 Å². The van der Waals surface area contributed by atoms with E-state index in [1.807, 2.05) is 0 Å². The highest BCUT2D eigenvalue weighted by atomic mass is 19.1. The molecular weight excluding hydrogens is 424 g/mol. The number of halogens is 2. The van der Waals surface area contributed by atoms with E-state index >= 15 is 0 Å². The molecule has 0 heterocycles. The fraction of sp³-hybridized carbons (Fsp3) is 0.0870. The molecule has 0 atom stereocenters. The predicted octanol–water partition coefficient (Wildman–Crippen LogP) is 4.58. The minimum absolute atomic E-state index is 0.0138. The maximum absolute atomic E-state index is 13.9. The average molecular weight is 441 g/mol. The van der Waals surface area contributed by atoms with Crippen LogP contribution in [0.25, 0.3) is 0 Å². The van der Waals surface area contributed by atoms with Crippen LogP contribution in [0.3, 0.4) is 0 Å². The molecule has 32 heavy (non-hydrogen) atoms. The third-order valence-corrected chi connectivity index (χ3v) is 4.34. The summed E-state index contributed by atoms with van der Waals surface area (Å²) < 4.78 is 42.2. The lowest BCUT2D eigenvalue weighted by Crippen LogP contribution is -2.14. The molecule has 0 spiro atoms. The number of benzene rings is 3. The van der Waals surface area contributed by atoms with E-state index in [0.29, 0.717) is 6.07 Å². The zero-order chi connectivity index (χ0) is 23.3. The fourth-order valence-corrected chi connectivity index (χ4v) is 2.80. The number of hydrogen-bond acceptors (Lipinski definition) is 6. The number of rotatable bonds is 6. The van der Waals surface area contributed by atoms with Gasteiger partial charge in [-0.25, -0.2) is 18.4 Å². The topological polar surface area (TPSA) is 90.9 Å². The molecular formula is C23H17F2NO6. The van der Waals surface area contributed by atoms with Gasteiger partial charge in [-0.1, -0.05) is 12.1 Å². The van der Waals surface area contributed by atoms with Crippen molar-refractivity contribution in [3.63, 3.8) is 0 Å². The molecule has 0 aliphatic carbocycles. The van der Waals surface area contributed by atoms with E-state index < -0.39 is 29.5 Å². The van der Waals surface area contributed by atoms with E-state index in [-0.39, 0.29) is 33.9 Å². The summed E-state index contributed by atoms with van der Waals surface area (Å²) in [7, 11) is 2.34. The van der Waals surface area contributed by atoms with E-state index in [1.165, 1.54) is 37.4 Å². The van der Waals surface area contributed by atoms with Crippen LogP contribution in [-0.2, 0) is 9.47 Å². The number of ether oxygens (including phenoxy) is 3. The molecule has 0 aliphatic heterocycles. The highest BCUT2D eigenvalue weighted by Gasteiger charge is 2.20. The quantitative estimate of drug-likeness (QED) is 0.563. The number of para-hydroxylation sites is 2. The Bertz CT molecular complexity index is 1190. The van der Waals surface area contributed by atoms with Crippen LogP contribution in [-0.4, -0.2) is 32.1 Å². The molecule has 3 rings (SSSR count). The van der Waals surface area contributed by atoms with Gasteiger partial charge in [-0.15, -0.1) is 0 Å². The summed E-state index contributed by atoms with van der Waals surface area (Å²) in [5, 5.41) is 2.50. The van der Waals surface area contributed by atoms with Gasteiger partial charge in [0.15, 0.2) is 5.75 Å². The molecule has 9 heteroatoms. The molecule has 0 aromatic heterocycles. The average Bonchev–Trinajstić information content (AvgIpc) is 2.79. The molecule has 3 aromatic carbocycles. The van der Waals surface area contributed by atoms with Crippen LogP contribution < -0.4 is 10.1 Å². The van der Waals surface area contributed by atoms with Crippen LogP contribution in [0.1, 0.15) is 31.1 Å². The Balaban J connectivity index is 1.90. The van der Waals surface area contributed by atoms with Crippen molar-refractivity contribution < 1.29 is 37.4 Å². The lowest BCUT2D eigenvalue weighted by molar-refractivity contribution is 0.0555. The highest BCUT2D eigenvalue weighted by Crippen LogP contribution is 2.31. The summed E-state index contributed by atoms with van der Waals surface area (Å²) in [6, 6.07) is 12.9. The van der Waals surface area contributed by atoms with Gasteiger partial charge < -0.3 is 19.5 Å². The van der Waals surface area contributed by atoms with E-state index in [4.69, 9.17) is 9.47 Å². The Kier molecular flexibility index (Phi) is 6.79. The largest absolute Gasteiger partial charge is 0.465 e. The number of amides is 1. The van der Waals surface area contributed by atoms with Crippen molar-refractivity contribution in [2.24, 2.45) is 0 Å². The molecule has 0 radical (unpaired) electrons. The van der Waals surface area contributed by atoms with Crippen LogP contribution in [0.4, 0.5) is 14.5 Å². The van der Waals surface area contributed by atoms with Crippen LogP contribution in [0.5, 0.6) is 11.5 Å². The van der Waals surface area contributed by atoms with Crippen molar-refractivity contribution in [1.29, 1.82) is 0 Å². The number of anilines is 1. The third-order valence-electron chi connectivity index (χ3n) is 4.34. The summed E-state index contributed by atoms with van der Waals surface area (Å²) in [4.78, 5) is 36.4. The fourth-order valence-electron chi connectivity index (χ4n) is 2.80. The molecule has 0 saturated heterocycles. The monoisotopic (exact) mass is 441 g/mol. The zero-order valence-electron chi connectivity index (χ0n) is 17.0. The van der Waals surface area contributed by atoms with Crippen molar-refractivity contribution in [1.82, 2.24) is 0 Å². The summed E-state index contributed by atoms with van der Waals surface area (Å²) in [6.07, 6.45) is 0. The number of methoxy groups -OCH3 is 2. The third kappa shape index (κ3) is 4.89. The van der Waals surface area contributed by atoms with Crippen LogP contribution in [0.2, 0.25) is 0 Å². The maximum atomic E-state index is 13.9. The number of nitrogens with one attached hydrogen (secondary N) is 1. The minimum Gasteiger partial charge on any atom is -0.465 e. The summed E-state index contributed by atoms with van der Waals surface area (Å²) >= 11 is 0. The molecule has 0 unspecified atom stereocenters. The SMILES string of the molecule is COC(=O)c1ccc(Oc2ccccc2NC(=O)c2ccc(F)cc2F)cc1C(=O)OC. The second-order valence-electron chi connectivity index (χ2n) is 6.37.